The van der Waals surface area contributed by atoms with Gasteiger partial charge in [-0.05, 0) is 17.7 Å². The molecule has 82 valence electrons. The fourth-order valence-electron chi connectivity index (χ4n) is 1.27. The van der Waals surface area contributed by atoms with Crippen LogP contribution in [0.1, 0.15) is 5.56 Å². The number of nitrogens with zero attached hydrogens (tertiary/aromatic N) is 1. The number of hydrogen-bond donors (Lipinski definition) is 2. The molecule has 0 saturated carbocycles. The summed E-state index contributed by atoms with van der Waals surface area (Å²) in [6.45, 7) is 0. The maximum absolute atomic E-state index is 10.5. The van der Waals surface area contributed by atoms with Crippen LogP contribution in [0.5, 0.6) is 0 Å². The second-order valence-corrected chi connectivity index (χ2v) is 3.62. The largest absolute Gasteiger partial charge is 0.479 e. The summed E-state index contributed by atoms with van der Waals surface area (Å²) in [5.74, 6) is -1.19. The van der Waals surface area contributed by atoms with Crippen molar-refractivity contribution in [2.24, 2.45) is 0 Å². The summed E-state index contributed by atoms with van der Waals surface area (Å²) in [4.78, 5) is 12.4. The van der Waals surface area contributed by atoms with Gasteiger partial charge in [0, 0.05) is 26.2 Å². The van der Waals surface area contributed by atoms with Crippen LogP contribution in [0.25, 0.3) is 0 Å². The third-order valence-electron chi connectivity index (χ3n) is 2.14. The van der Waals surface area contributed by atoms with E-state index >= 15 is 0 Å². The van der Waals surface area contributed by atoms with E-state index in [2.05, 4.69) is 0 Å². The normalized spacial score (nSPS) is 12.2. The zero-order chi connectivity index (χ0) is 11.4. The molecule has 0 spiro atoms. The molecule has 4 heteroatoms. The SMILES string of the molecule is CN(C)c1cccc(CC(O)C(=O)O)c1. The lowest BCUT2D eigenvalue weighted by Crippen LogP contribution is -2.22. The molecule has 0 aliphatic carbocycles. The predicted octanol–water partition coefficient (Wildman–Crippen LogP) is 0.741. The number of carbonyl (C=O) groups is 1. The number of carboxylic acid groups (broad SMARTS) is 1. The molecule has 1 atom stereocenters. The third kappa shape index (κ3) is 3.25. The lowest BCUT2D eigenvalue weighted by molar-refractivity contribution is -0.146. The average Bonchev–Trinajstić information content (AvgIpc) is 2.18. The Kier molecular flexibility index (Phi) is 3.68. The molecular formula is C11H15NO3. The average molecular weight is 209 g/mol. The number of aliphatic hydroxyl groups is 1. The first kappa shape index (κ1) is 11.5. The number of aliphatic hydroxyl groups excluding tert-OH is 1. The van der Waals surface area contributed by atoms with Crippen LogP contribution in [0, 0.1) is 0 Å². The van der Waals surface area contributed by atoms with Crippen molar-refractivity contribution < 1.29 is 15.0 Å². The van der Waals surface area contributed by atoms with Crippen LogP contribution in [0.15, 0.2) is 24.3 Å². The van der Waals surface area contributed by atoms with Gasteiger partial charge in [0.25, 0.3) is 0 Å². The molecule has 0 aliphatic rings. The highest BCUT2D eigenvalue weighted by Crippen LogP contribution is 2.14. The quantitative estimate of drug-likeness (QED) is 0.767. The highest BCUT2D eigenvalue weighted by atomic mass is 16.4. The highest BCUT2D eigenvalue weighted by molar-refractivity contribution is 5.72. The van der Waals surface area contributed by atoms with Gasteiger partial charge in [0.05, 0.1) is 0 Å². The van der Waals surface area contributed by atoms with Crippen LogP contribution in [0.4, 0.5) is 5.69 Å². The van der Waals surface area contributed by atoms with Gasteiger partial charge in [0.1, 0.15) is 0 Å². The summed E-state index contributed by atoms with van der Waals surface area (Å²) in [6, 6.07) is 7.45. The molecule has 0 fully saturated rings. The maximum Gasteiger partial charge on any atom is 0.332 e. The molecule has 0 radical (unpaired) electrons. The van der Waals surface area contributed by atoms with Crippen LogP contribution in [0.3, 0.4) is 0 Å². The van der Waals surface area contributed by atoms with Crippen LogP contribution in [-0.4, -0.2) is 36.4 Å². The molecular weight excluding hydrogens is 194 g/mol. The summed E-state index contributed by atoms with van der Waals surface area (Å²) in [6.07, 6.45) is -1.20. The second kappa shape index (κ2) is 4.79. The first-order chi connectivity index (χ1) is 7.00. The van der Waals surface area contributed by atoms with Crippen molar-refractivity contribution >= 4 is 11.7 Å². The van der Waals surface area contributed by atoms with E-state index in [4.69, 9.17) is 5.11 Å². The number of carboxylic acids is 1. The van der Waals surface area contributed by atoms with Gasteiger partial charge in [-0.15, -0.1) is 0 Å². The summed E-state index contributed by atoms with van der Waals surface area (Å²) in [5, 5.41) is 17.8. The van der Waals surface area contributed by atoms with Gasteiger partial charge in [-0.3, -0.25) is 0 Å². The van der Waals surface area contributed by atoms with Crippen molar-refractivity contribution in [2.75, 3.05) is 19.0 Å². The standard InChI is InChI=1S/C11H15NO3/c1-12(2)9-5-3-4-8(6-9)7-10(13)11(14)15/h3-6,10,13H,7H2,1-2H3,(H,14,15). The monoisotopic (exact) mass is 209 g/mol. The molecule has 0 amide bonds. The van der Waals surface area contributed by atoms with Gasteiger partial charge in [-0.25, -0.2) is 4.79 Å². The van der Waals surface area contributed by atoms with Gasteiger partial charge in [-0.1, -0.05) is 12.1 Å². The fraction of sp³-hybridized carbons (Fsp3) is 0.364. The first-order valence-corrected chi connectivity index (χ1v) is 4.68. The molecule has 1 unspecified atom stereocenters. The minimum Gasteiger partial charge on any atom is -0.479 e. The Morgan fingerprint density at radius 1 is 1.47 bits per heavy atom. The molecule has 15 heavy (non-hydrogen) atoms. The van der Waals surface area contributed by atoms with E-state index < -0.39 is 12.1 Å². The van der Waals surface area contributed by atoms with E-state index in [0.717, 1.165) is 11.3 Å². The molecule has 0 aromatic heterocycles. The van der Waals surface area contributed by atoms with E-state index in [-0.39, 0.29) is 6.42 Å². The number of hydrogen-bond acceptors (Lipinski definition) is 3. The molecule has 0 saturated heterocycles. The summed E-state index contributed by atoms with van der Waals surface area (Å²) in [5.41, 5.74) is 1.81. The Morgan fingerprint density at radius 2 is 2.13 bits per heavy atom. The predicted molar refractivity (Wildman–Crippen MR) is 58.1 cm³/mol. The molecule has 1 aromatic carbocycles. The topological polar surface area (TPSA) is 60.8 Å². The van der Waals surface area contributed by atoms with Crippen molar-refractivity contribution in [1.82, 2.24) is 0 Å². The molecule has 0 heterocycles. The molecule has 4 nitrogen and oxygen atoms in total. The zero-order valence-corrected chi connectivity index (χ0v) is 8.84. The molecule has 1 aromatic rings. The minimum absolute atomic E-state index is 0.136. The summed E-state index contributed by atoms with van der Waals surface area (Å²) < 4.78 is 0. The van der Waals surface area contributed by atoms with E-state index in [1.54, 1.807) is 6.07 Å². The number of aliphatic carboxylic acids is 1. The lowest BCUT2D eigenvalue weighted by Gasteiger charge is -2.14. The number of anilines is 1. The van der Waals surface area contributed by atoms with Crippen LogP contribution in [0.2, 0.25) is 0 Å². The van der Waals surface area contributed by atoms with E-state index in [9.17, 15) is 9.90 Å². The molecule has 0 aliphatic heterocycles. The van der Waals surface area contributed by atoms with Crippen molar-refractivity contribution in [3.63, 3.8) is 0 Å². The van der Waals surface area contributed by atoms with Crippen LogP contribution >= 0.6 is 0 Å². The van der Waals surface area contributed by atoms with Crippen LogP contribution < -0.4 is 4.90 Å². The van der Waals surface area contributed by atoms with Crippen molar-refractivity contribution in [1.29, 1.82) is 0 Å². The molecule has 1 rings (SSSR count). The first-order valence-electron chi connectivity index (χ1n) is 4.68. The van der Waals surface area contributed by atoms with Crippen molar-refractivity contribution in [3.8, 4) is 0 Å². The number of rotatable bonds is 4. The Bertz CT molecular complexity index is 349. The van der Waals surface area contributed by atoms with Gasteiger partial charge >= 0.3 is 5.97 Å². The van der Waals surface area contributed by atoms with Gasteiger partial charge in [0.15, 0.2) is 6.10 Å². The Hall–Kier alpha value is -1.55. The van der Waals surface area contributed by atoms with Crippen LogP contribution in [-0.2, 0) is 11.2 Å². The van der Waals surface area contributed by atoms with Gasteiger partial charge in [0.2, 0.25) is 0 Å². The van der Waals surface area contributed by atoms with Crippen molar-refractivity contribution in [2.45, 2.75) is 12.5 Å². The Balaban J connectivity index is 2.78. The second-order valence-electron chi connectivity index (χ2n) is 3.62. The molecule has 2 N–H and O–H groups in total. The lowest BCUT2D eigenvalue weighted by atomic mass is 10.1. The zero-order valence-electron chi connectivity index (χ0n) is 8.84. The smallest absolute Gasteiger partial charge is 0.332 e. The summed E-state index contributed by atoms with van der Waals surface area (Å²) in [7, 11) is 3.82. The summed E-state index contributed by atoms with van der Waals surface area (Å²) >= 11 is 0. The highest BCUT2D eigenvalue weighted by Gasteiger charge is 2.13. The van der Waals surface area contributed by atoms with Gasteiger partial charge < -0.3 is 15.1 Å². The van der Waals surface area contributed by atoms with Gasteiger partial charge in [-0.2, -0.15) is 0 Å². The number of benzene rings is 1. The minimum atomic E-state index is -1.33. The molecule has 0 bridgehead atoms. The van der Waals surface area contributed by atoms with E-state index in [1.165, 1.54) is 0 Å². The van der Waals surface area contributed by atoms with E-state index in [1.807, 2.05) is 37.2 Å². The maximum atomic E-state index is 10.5. The van der Waals surface area contributed by atoms with E-state index in [0.29, 0.717) is 0 Å². The Morgan fingerprint density at radius 3 is 2.67 bits per heavy atom. The Labute approximate surface area is 88.8 Å². The van der Waals surface area contributed by atoms with Crippen molar-refractivity contribution in [3.05, 3.63) is 29.8 Å². The third-order valence-corrected chi connectivity index (χ3v) is 2.14. The fourth-order valence-corrected chi connectivity index (χ4v) is 1.27.